The predicted octanol–water partition coefficient (Wildman–Crippen LogP) is 26.0. The second kappa shape index (κ2) is 25.1. The third-order valence-corrected chi connectivity index (χ3v) is 23.1. The maximum atomic E-state index is 7.05. The van der Waals surface area contributed by atoms with E-state index in [-0.39, 0.29) is 0 Å². The molecule has 0 amide bonds. The van der Waals surface area contributed by atoms with Crippen molar-refractivity contribution in [2.45, 2.75) is 10.8 Å². The van der Waals surface area contributed by atoms with E-state index in [0.717, 1.165) is 151 Å². The summed E-state index contributed by atoms with van der Waals surface area (Å²) < 4.78 is 13.9. The molecule has 1 atom stereocenters. The molecule has 2 spiro atoms. The van der Waals surface area contributed by atoms with Crippen LogP contribution in [0.5, 0.6) is 23.0 Å². The number of fused-ring (bicyclic) bond motifs is 19. The Bertz CT molecular complexity index is 6740. The summed E-state index contributed by atoms with van der Waals surface area (Å²) in [5, 5.41) is 2.34. The molecule has 22 rings (SSSR count). The zero-order chi connectivity index (χ0) is 72.4. The molecule has 2 aliphatic heterocycles. The molecule has 4 aliphatic rings. The molecular weight excluding hydrogens is 1340 g/mol. The molecule has 0 saturated heterocycles. The molecule has 16 aromatic carbocycles. The van der Waals surface area contributed by atoms with Gasteiger partial charge in [-0.25, -0.2) is 19.9 Å². The highest BCUT2D eigenvalue weighted by Crippen LogP contribution is 2.65. The second-order valence-corrected chi connectivity index (χ2v) is 28.9. The highest BCUT2D eigenvalue weighted by Gasteiger charge is 2.53. The van der Waals surface area contributed by atoms with Crippen LogP contribution in [-0.4, -0.2) is 19.9 Å². The number of benzene rings is 16. The molecule has 0 fully saturated rings. The van der Waals surface area contributed by atoms with Crippen LogP contribution in [0.2, 0.25) is 0 Å². The van der Waals surface area contributed by atoms with Crippen molar-refractivity contribution in [3.05, 3.63) is 433 Å². The van der Waals surface area contributed by atoms with Crippen LogP contribution in [0, 0.1) is 0 Å². The van der Waals surface area contributed by atoms with Gasteiger partial charge < -0.3 is 9.47 Å². The maximum Gasteiger partial charge on any atom is 0.160 e. The van der Waals surface area contributed by atoms with Crippen LogP contribution in [-0.2, 0) is 10.8 Å². The number of aromatic nitrogens is 4. The number of ether oxygens (including phenoxy) is 2. The van der Waals surface area contributed by atoms with Gasteiger partial charge in [-0.2, -0.15) is 0 Å². The second-order valence-electron chi connectivity index (χ2n) is 28.9. The zero-order valence-corrected chi connectivity index (χ0v) is 59.6. The molecule has 110 heavy (non-hydrogen) atoms. The first-order chi connectivity index (χ1) is 54.5. The Labute approximate surface area is 637 Å². The maximum absolute atomic E-state index is 7.05. The van der Waals surface area contributed by atoms with Crippen LogP contribution in [0.15, 0.2) is 388 Å². The van der Waals surface area contributed by atoms with Crippen LogP contribution in [0.3, 0.4) is 0 Å². The normalized spacial score (nSPS) is 14.1. The smallest absolute Gasteiger partial charge is 0.160 e. The number of nitrogens with zero attached hydrogens (tertiary/aromatic N) is 4. The Morgan fingerprint density at radius 3 is 1.06 bits per heavy atom. The Hall–Kier alpha value is -14.5. The van der Waals surface area contributed by atoms with Crippen molar-refractivity contribution in [2.24, 2.45) is 0 Å². The van der Waals surface area contributed by atoms with E-state index in [2.05, 4.69) is 364 Å². The van der Waals surface area contributed by atoms with Crippen LogP contribution < -0.4 is 9.47 Å². The molecular formula is C104H64N4O2. The summed E-state index contributed by atoms with van der Waals surface area (Å²) in [6.07, 6.45) is 0. The number of hydrogen-bond donors (Lipinski definition) is 0. The molecule has 1 unspecified atom stereocenters. The lowest BCUT2D eigenvalue weighted by Gasteiger charge is -2.39. The van der Waals surface area contributed by atoms with E-state index in [1.54, 1.807) is 0 Å². The lowest BCUT2D eigenvalue weighted by molar-refractivity contribution is 0.436. The van der Waals surface area contributed by atoms with Crippen molar-refractivity contribution in [3.8, 4) is 158 Å². The average Bonchev–Trinajstić information content (AvgIpc) is 1.49. The van der Waals surface area contributed by atoms with E-state index in [1.807, 2.05) is 24.3 Å². The van der Waals surface area contributed by atoms with Crippen molar-refractivity contribution >= 4 is 10.8 Å². The van der Waals surface area contributed by atoms with E-state index in [9.17, 15) is 0 Å². The molecule has 0 bridgehead atoms. The highest BCUT2D eigenvalue weighted by atomic mass is 16.5. The highest BCUT2D eigenvalue weighted by molar-refractivity contribution is 5.99. The summed E-state index contributed by atoms with van der Waals surface area (Å²) in [7, 11) is 0. The summed E-state index contributed by atoms with van der Waals surface area (Å²) >= 11 is 0. The Morgan fingerprint density at radius 2 is 0.527 bits per heavy atom. The van der Waals surface area contributed by atoms with Crippen LogP contribution in [0.25, 0.3) is 145 Å². The largest absolute Gasteiger partial charge is 0.457 e. The molecule has 0 N–H and O–H groups in total. The van der Waals surface area contributed by atoms with E-state index in [0.29, 0.717) is 11.6 Å². The van der Waals surface area contributed by atoms with Gasteiger partial charge in [-0.15, -0.1) is 0 Å². The molecule has 0 radical (unpaired) electrons. The van der Waals surface area contributed by atoms with Crippen molar-refractivity contribution in [1.29, 1.82) is 0 Å². The SMILES string of the molecule is c1ccc(-c2nc(-c3ccc(-c4ccc(-c5cccc6c5-c5ccccc5C65c6ccccc6Oc6ccc(-c7ccccc7-c7cc(-c8ccc9ccccc9c8)nc(-c8ccccc8)n7)cc65)cc4)cc3)cc(-c3ccccc3-c3ccc4c(c3)C3(c5ccccc5O4)c4ccccc4-c4ccccc43)n2)cc1. The van der Waals surface area contributed by atoms with Crippen molar-refractivity contribution in [1.82, 2.24) is 19.9 Å². The summed E-state index contributed by atoms with van der Waals surface area (Å²) in [5.41, 5.74) is 31.0. The number of rotatable bonds is 10. The average molecular weight is 1400 g/mol. The van der Waals surface area contributed by atoms with Crippen LogP contribution in [0.1, 0.15) is 44.5 Å². The van der Waals surface area contributed by atoms with Gasteiger partial charge in [0, 0.05) is 55.6 Å². The fraction of sp³-hybridized carbons (Fsp3) is 0.0192. The van der Waals surface area contributed by atoms with Crippen molar-refractivity contribution < 1.29 is 9.47 Å². The molecule has 0 saturated carbocycles. The van der Waals surface area contributed by atoms with Gasteiger partial charge in [0.1, 0.15) is 23.0 Å². The van der Waals surface area contributed by atoms with Gasteiger partial charge in [-0.3, -0.25) is 0 Å². The number of hydrogen-bond acceptors (Lipinski definition) is 6. The zero-order valence-electron chi connectivity index (χ0n) is 59.6. The van der Waals surface area contributed by atoms with E-state index in [4.69, 9.17) is 29.4 Å². The van der Waals surface area contributed by atoms with E-state index < -0.39 is 10.8 Å². The van der Waals surface area contributed by atoms with Gasteiger partial charge in [-0.1, -0.05) is 334 Å². The summed E-state index contributed by atoms with van der Waals surface area (Å²) in [6.45, 7) is 0. The Balaban J connectivity index is 0.614. The molecule has 4 heterocycles. The molecule has 18 aromatic rings. The molecule has 512 valence electrons. The number of para-hydroxylation sites is 2. The predicted molar refractivity (Wildman–Crippen MR) is 444 cm³/mol. The van der Waals surface area contributed by atoms with Crippen molar-refractivity contribution in [2.75, 3.05) is 0 Å². The van der Waals surface area contributed by atoms with Gasteiger partial charge in [0.2, 0.25) is 0 Å². The lowest BCUT2D eigenvalue weighted by Crippen LogP contribution is -2.32. The molecule has 6 heteroatoms. The van der Waals surface area contributed by atoms with Crippen LogP contribution in [0.4, 0.5) is 0 Å². The van der Waals surface area contributed by atoms with Gasteiger partial charge in [0.15, 0.2) is 11.6 Å². The topological polar surface area (TPSA) is 70.0 Å². The Morgan fingerprint density at radius 1 is 0.173 bits per heavy atom. The van der Waals surface area contributed by atoms with E-state index in [1.165, 1.54) is 49.9 Å². The first-order valence-electron chi connectivity index (χ1n) is 37.6. The molecule has 2 aliphatic carbocycles. The minimum atomic E-state index is -0.737. The molecule has 2 aromatic heterocycles. The standard InChI is InChI=1S/C104H64N4O2/c1-3-25-70(26-4-1)101-105-92(63-94(107-101)81-34-11-9-30-76(81)73-56-58-98-90(61-73)103(87-41-19-21-44-96(87)109-98)84-38-16-13-32-79(84)80-33-14-17-39-85(80)103)69-53-48-67(49-54-69)66-46-51-68(52-47-66)78-37-23-43-89-100(78)83-36-15-18-40-86(83)104(89)88-42-20-22-45-97(88)110-99-59-57-74(62-91(99)104)77-31-10-12-35-82(77)95-64-93(106-102(108-95)71-27-5-2-6-28-71)75-55-50-65-24-7-8-29-72(65)60-75/h1-64H. The van der Waals surface area contributed by atoms with Gasteiger partial charge in [-0.05, 0) is 154 Å². The quantitative estimate of drug-likeness (QED) is 0.136. The fourth-order valence-corrected chi connectivity index (χ4v) is 18.2. The summed E-state index contributed by atoms with van der Waals surface area (Å²) in [6, 6.07) is 139. The first kappa shape index (κ1) is 62.9. The van der Waals surface area contributed by atoms with Crippen LogP contribution >= 0.6 is 0 Å². The van der Waals surface area contributed by atoms with Gasteiger partial charge >= 0.3 is 0 Å². The monoisotopic (exact) mass is 1400 g/mol. The van der Waals surface area contributed by atoms with Crippen molar-refractivity contribution in [3.63, 3.8) is 0 Å². The lowest BCUT2D eigenvalue weighted by atomic mass is 9.65. The van der Waals surface area contributed by atoms with Gasteiger partial charge in [0.05, 0.1) is 33.6 Å². The van der Waals surface area contributed by atoms with E-state index >= 15 is 0 Å². The fourth-order valence-electron chi connectivity index (χ4n) is 18.2. The summed E-state index contributed by atoms with van der Waals surface area (Å²) in [4.78, 5) is 21.4. The third kappa shape index (κ3) is 9.76. The third-order valence-electron chi connectivity index (χ3n) is 23.1. The first-order valence-corrected chi connectivity index (χ1v) is 37.6. The van der Waals surface area contributed by atoms with Gasteiger partial charge in [0.25, 0.3) is 0 Å². The minimum Gasteiger partial charge on any atom is -0.457 e. The minimum absolute atomic E-state index is 0.601. The Kier molecular flexibility index (Phi) is 14.3. The molecule has 6 nitrogen and oxygen atoms in total. The summed E-state index contributed by atoms with van der Waals surface area (Å²) in [5.74, 6) is 4.71.